The minimum atomic E-state index is -0.195. The van der Waals surface area contributed by atoms with Crippen LogP contribution in [0.25, 0.3) is 10.9 Å². The second-order valence-corrected chi connectivity index (χ2v) is 8.94. The minimum absolute atomic E-state index is 0.0447. The Balaban J connectivity index is 1.39. The topological polar surface area (TPSA) is 100 Å². The highest BCUT2D eigenvalue weighted by Crippen LogP contribution is 2.27. The largest absolute Gasteiger partial charge is 0.337 e. The molecule has 11 heteroatoms. The van der Waals surface area contributed by atoms with Crippen LogP contribution in [-0.4, -0.2) is 55.3 Å². The van der Waals surface area contributed by atoms with E-state index in [1.54, 1.807) is 35.9 Å². The molecule has 1 aliphatic heterocycles. The lowest BCUT2D eigenvalue weighted by Gasteiger charge is -2.27. The van der Waals surface area contributed by atoms with Crippen LogP contribution in [0.1, 0.15) is 27.4 Å². The molecule has 1 aromatic carbocycles. The first kappa shape index (κ1) is 20.7. The average Bonchev–Trinajstić information content (AvgIpc) is 3.51. The number of carbonyl (C=O) groups is 2. The number of aromatic amines is 1. The standard InChI is InChI=1S/C21H20ClN7O2S/c1-27(21-23-7-9-32-21)20(31)19-13-11-29(8-6-15(13)26-28(19)2)17(30)10-16-12-4-3-5-14(22)18(12)25-24-16/h3-5,7,9H,6,8,10-11H2,1-2H3,(H,24,25). The molecule has 0 bridgehead atoms. The lowest BCUT2D eigenvalue weighted by atomic mass is 10.0. The molecule has 4 aromatic rings. The summed E-state index contributed by atoms with van der Waals surface area (Å²) in [5, 5.41) is 15.5. The van der Waals surface area contributed by atoms with Crippen molar-refractivity contribution in [3.05, 3.63) is 57.4 Å². The maximum atomic E-state index is 13.2. The van der Waals surface area contributed by atoms with Gasteiger partial charge in [-0.2, -0.15) is 10.2 Å². The van der Waals surface area contributed by atoms with Gasteiger partial charge in [0.1, 0.15) is 11.2 Å². The van der Waals surface area contributed by atoms with Crippen molar-refractivity contribution < 1.29 is 9.59 Å². The summed E-state index contributed by atoms with van der Waals surface area (Å²) in [4.78, 5) is 33.8. The number of aryl methyl sites for hydroxylation is 1. The summed E-state index contributed by atoms with van der Waals surface area (Å²) in [7, 11) is 3.45. The lowest BCUT2D eigenvalue weighted by Crippen LogP contribution is -2.38. The molecule has 1 aliphatic rings. The molecule has 0 spiro atoms. The molecule has 0 unspecified atom stereocenters. The predicted molar refractivity (Wildman–Crippen MR) is 122 cm³/mol. The van der Waals surface area contributed by atoms with E-state index in [0.29, 0.717) is 40.9 Å². The van der Waals surface area contributed by atoms with Gasteiger partial charge in [0.05, 0.1) is 22.8 Å². The number of anilines is 1. The first-order chi connectivity index (χ1) is 15.4. The van der Waals surface area contributed by atoms with Gasteiger partial charge in [0.15, 0.2) is 5.13 Å². The number of halogens is 1. The highest BCUT2D eigenvalue weighted by atomic mass is 35.5. The van der Waals surface area contributed by atoms with Gasteiger partial charge in [-0.15, -0.1) is 11.3 Å². The Labute approximate surface area is 192 Å². The van der Waals surface area contributed by atoms with E-state index >= 15 is 0 Å². The molecule has 9 nitrogen and oxygen atoms in total. The van der Waals surface area contributed by atoms with Gasteiger partial charge in [0.25, 0.3) is 5.91 Å². The molecule has 0 saturated carbocycles. The maximum absolute atomic E-state index is 13.2. The second kappa shape index (κ2) is 8.03. The van der Waals surface area contributed by atoms with Gasteiger partial charge in [-0.1, -0.05) is 23.7 Å². The van der Waals surface area contributed by atoms with Gasteiger partial charge in [0.2, 0.25) is 5.91 Å². The molecule has 5 rings (SSSR count). The zero-order valence-electron chi connectivity index (χ0n) is 17.5. The number of nitrogens with one attached hydrogen (secondary N) is 1. The van der Waals surface area contributed by atoms with E-state index in [0.717, 1.165) is 22.3 Å². The Bertz CT molecular complexity index is 1330. The molecule has 4 heterocycles. The quantitative estimate of drug-likeness (QED) is 0.495. The highest BCUT2D eigenvalue weighted by Gasteiger charge is 2.31. The van der Waals surface area contributed by atoms with Crippen LogP contribution in [-0.2, 0) is 31.2 Å². The van der Waals surface area contributed by atoms with Crippen LogP contribution >= 0.6 is 22.9 Å². The number of nitrogens with zero attached hydrogens (tertiary/aromatic N) is 6. The smallest absolute Gasteiger partial charge is 0.278 e. The predicted octanol–water partition coefficient (Wildman–Crippen LogP) is 2.81. The number of amides is 2. The SMILES string of the molecule is CN(C(=O)c1c2c(nn1C)CCN(C(=O)Cc1[nH]nc3c(Cl)cccc13)C2)c1nccs1. The first-order valence-corrected chi connectivity index (χ1v) is 11.3. The third kappa shape index (κ3) is 3.45. The maximum Gasteiger partial charge on any atom is 0.278 e. The molecule has 1 N–H and O–H groups in total. The van der Waals surface area contributed by atoms with Crippen molar-refractivity contribution in [3.63, 3.8) is 0 Å². The molecule has 164 valence electrons. The summed E-state index contributed by atoms with van der Waals surface area (Å²) in [6.45, 7) is 0.882. The summed E-state index contributed by atoms with van der Waals surface area (Å²) in [5.41, 5.74) is 3.51. The van der Waals surface area contributed by atoms with Gasteiger partial charge in [0, 0.05) is 56.1 Å². The van der Waals surface area contributed by atoms with E-state index < -0.39 is 0 Å². The van der Waals surface area contributed by atoms with E-state index in [1.807, 2.05) is 17.5 Å². The second-order valence-electron chi connectivity index (χ2n) is 7.66. The normalized spacial score (nSPS) is 13.4. The first-order valence-electron chi connectivity index (χ1n) is 10.1. The molecule has 0 saturated heterocycles. The van der Waals surface area contributed by atoms with Crippen LogP contribution in [0.15, 0.2) is 29.8 Å². The lowest BCUT2D eigenvalue weighted by molar-refractivity contribution is -0.131. The van der Waals surface area contributed by atoms with Crippen molar-refractivity contribution in [3.8, 4) is 0 Å². The number of rotatable bonds is 4. The average molecular weight is 470 g/mol. The van der Waals surface area contributed by atoms with E-state index in [-0.39, 0.29) is 18.2 Å². The van der Waals surface area contributed by atoms with Crippen LogP contribution < -0.4 is 4.90 Å². The van der Waals surface area contributed by atoms with Crippen LogP contribution in [0.3, 0.4) is 0 Å². The van der Waals surface area contributed by atoms with E-state index in [9.17, 15) is 9.59 Å². The highest BCUT2D eigenvalue weighted by molar-refractivity contribution is 7.13. The molecular formula is C21H20ClN7O2S. The molecule has 0 atom stereocenters. The number of hydrogen-bond donors (Lipinski definition) is 1. The Morgan fingerprint density at radius 1 is 1.34 bits per heavy atom. The summed E-state index contributed by atoms with van der Waals surface area (Å²) >= 11 is 7.59. The monoisotopic (exact) mass is 469 g/mol. The summed E-state index contributed by atoms with van der Waals surface area (Å²) in [6.07, 6.45) is 2.43. The minimum Gasteiger partial charge on any atom is -0.337 e. The Morgan fingerprint density at radius 3 is 2.97 bits per heavy atom. The van der Waals surface area contributed by atoms with Crippen molar-refractivity contribution >= 4 is 50.8 Å². The van der Waals surface area contributed by atoms with Crippen LogP contribution in [0.2, 0.25) is 5.02 Å². The summed E-state index contributed by atoms with van der Waals surface area (Å²) in [5.74, 6) is -0.239. The summed E-state index contributed by atoms with van der Waals surface area (Å²) in [6, 6.07) is 5.51. The molecule has 0 fully saturated rings. The van der Waals surface area contributed by atoms with Crippen LogP contribution in [0, 0.1) is 0 Å². The van der Waals surface area contributed by atoms with Gasteiger partial charge >= 0.3 is 0 Å². The molecule has 0 radical (unpaired) electrons. The number of hydrogen-bond acceptors (Lipinski definition) is 6. The third-order valence-electron chi connectivity index (χ3n) is 5.70. The number of para-hydroxylation sites is 1. The van der Waals surface area contributed by atoms with Crippen LogP contribution in [0.4, 0.5) is 5.13 Å². The molecule has 2 amide bonds. The van der Waals surface area contributed by atoms with Crippen molar-refractivity contribution in [2.45, 2.75) is 19.4 Å². The van der Waals surface area contributed by atoms with Gasteiger partial charge < -0.3 is 4.90 Å². The van der Waals surface area contributed by atoms with E-state index in [1.165, 1.54) is 16.2 Å². The fourth-order valence-corrected chi connectivity index (χ4v) is 4.89. The molecular weight excluding hydrogens is 450 g/mol. The van der Waals surface area contributed by atoms with Crippen molar-refractivity contribution in [1.29, 1.82) is 0 Å². The van der Waals surface area contributed by atoms with Crippen LogP contribution in [0.5, 0.6) is 0 Å². The number of fused-ring (bicyclic) bond motifs is 2. The number of thiazole rings is 1. The van der Waals surface area contributed by atoms with Crippen molar-refractivity contribution in [2.75, 3.05) is 18.5 Å². The Hall–Kier alpha value is -3.24. The Kier molecular flexibility index (Phi) is 5.18. The van der Waals surface area contributed by atoms with Gasteiger partial charge in [-0.3, -0.25) is 24.3 Å². The summed E-state index contributed by atoms with van der Waals surface area (Å²) < 4.78 is 1.61. The fraction of sp³-hybridized carbons (Fsp3) is 0.286. The number of H-pyrrole nitrogens is 1. The third-order valence-corrected chi connectivity index (χ3v) is 6.86. The molecule has 0 aliphatic carbocycles. The Morgan fingerprint density at radius 2 is 2.19 bits per heavy atom. The zero-order chi connectivity index (χ0) is 22.4. The van der Waals surface area contributed by atoms with Crippen molar-refractivity contribution in [1.82, 2.24) is 29.9 Å². The number of carbonyl (C=O) groups excluding carboxylic acids is 2. The number of aromatic nitrogens is 5. The van der Waals surface area contributed by atoms with E-state index in [4.69, 9.17) is 11.6 Å². The van der Waals surface area contributed by atoms with Gasteiger partial charge in [-0.25, -0.2) is 4.98 Å². The van der Waals surface area contributed by atoms with Crippen molar-refractivity contribution in [2.24, 2.45) is 7.05 Å². The van der Waals surface area contributed by atoms with Gasteiger partial charge in [-0.05, 0) is 6.07 Å². The molecule has 32 heavy (non-hydrogen) atoms. The number of benzene rings is 1. The molecule has 3 aromatic heterocycles. The fourth-order valence-electron chi connectivity index (χ4n) is 4.06. The van der Waals surface area contributed by atoms with E-state index in [2.05, 4.69) is 20.3 Å². The zero-order valence-corrected chi connectivity index (χ0v) is 19.1.